The average molecular weight is 827 g/mol. The zero-order chi connectivity index (χ0) is 42.3. The van der Waals surface area contributed by atoms with Crippen LogP contribution in [0, 0.1) is 0 Å². The van der Waals surface area contributed by atoms with Crippen molar-refractivity contribution in [2.45, 2.75) is 24.7 Å². The van der Waals surface area contributed by atoms with Crippen molar-refractivity contribution in [2.24, 2.45) is 0 Å². The third-order valence-electron chi connectivity index (χ3n) is 13.5. The van der Waals surface area contributed by atoms with E-state index in [4.69, 9.17) is 0 Å². The molecule has 9 aromatic carbocycles. The predicted molar refractivity (Wildman–Crippen MR) is 263 cm³/mol. The molecule has 2 heterocycles. The smallest absolute Gasteiger partial charge is 0.193 e. The van der Waals surface area contributed by atoms with Gasteiger partial charge in [0.2, 0.25) is 0 Å². The second-order valence-electron chi connectivity index (χ2n) is 17.2. The van der Waals surface area contributed by atoms with Gasteiger partial charge in [0.15, 0.2) is 5.78 Å². The van der Waals surface area contributed by atoms with E-state index in [9.17, 15) is 0 Å². The van der Waals surface area contributed by atoms with Crippen molar-refractivity contribution in [3.8, 4) is 0 Å². The summed E-state index contributed by atoms with van der Waals surface area (Å²) in [6.45, 7) is 4.73. The number of carbonyl (C=O) groups excluding carboxylic acids is 1. The van der Waals surface area contributed by atoms with Crippen molar-refractivity contribution in [3.63, 3.8) is 0 Å². The van der Waals surface area contributed by atoms with E-state index < -0.39 is 5.41 Å². The maximum Gasteiger partial charge on any atom is 0.193 e. The van der Waals surface area contributed by atoms with Crippen LogP contribution in [-0.4, -0.2) is 5.78 Å². The number of rotatable bonds is 6. The molecule has 0 unspecified atom stereocenters. The van der Waals surface area contributed by atoms with Gasteiger partial charge in [0.1, 0.15) is 0 Å². The summed E-state index contributed by atoms with van der Waals surface area (Å²) in [7, 11) is 0. The summed E-state index contributed by atoms with van der Waals surface area (Å²) in [6.07, 6.45) is 0. The maximum absolute atomic E-state index is 15.2. The first-order chi connectivity index (χ1) is 30.9. The van der Waals surface area contributed by atoms with E-state index in [2.05, 4.69) is 230 Å². The van der Waals surface area contributed by atoms with Gasteiger partial charge in [0.25, 0.3) is 0 Å². The molecule has 0 spiro atoms. The van der Waals surface area contributed by atoms with Crippen LogP contribution in [0.2, 0.25) is 0 Å². The second-order valence-corrected chi connectivity index (χ2v) is 18.2. The van der Waals surface area contributed by atoms with E-state index in [-0.39, 0.29) is 11.2 Å². The molecule has 1 aromatic heterocycles. The molecule has 1 aliphatic heterocycles. The van der Waals surface area contributed by atoms with Crippen LogP contribution in [0.1, 0.15) is 63.1 Å². The summed E-state index contributed by atoms with van der Waals surface area (Å²) in [6, 6.07) is 77.9. The number of carbonyl (C=O) groups is 1. The van der Waals surface area contributed by atoms with Crippen molar-refractivity contribution in [1.29, 1.82) is 0 Å². The number of hydrogen-bond acceptors (Lipinski definition) is 4. The molecule has 0 radical (unpaired) electrons. The van der Waals surface area contributed by atoms with Crippen LogP contribution in [0.5, 0.6) is 0 Å². The Morgan fingerprint density at radius 3 is 1.71 bits per heavy atom. The number of nitrogens with zero attached hydrogens (tertiary/aromatic N) is 2. The van der Waals surface area contributed by atoms with Gasteiger partial charge in [-0.15, -0.1) is 11.3 Å². The first-order valence-electron chi connectivity index (χ1n) is 21.6. The topological polar surface area (TPSA) is 23.6 Å². The number of anilines is 6. The van der Waals surface area contributed by atoms with Crippen LogP contribution in [-0.2, 0) is 10.8 Å². The summed E-state index contributed by atoms with van der Waals surface area (Å²) in [5, 5.41) is 2.50. The van der Waals surface area contributed by atoms with Gasteiger partial charge in [-0.25, -0.2) is 0 Å². The summed E-state index contributed by atoms with van der Waals surface area (Å²) in [5.41, 5.74) is 13.5. The number of para-hydroxylation sites is 2. The Morgan fingerprint density at radius 2 is 1.03 bits per heavy atom. The lowest BCUT2D eigenvalue weighted by Gasteiger charge is -2.44. The highest BCUT2D eigenvalue weighted by molar-refractivity contribution is 7.26. The van der Waals surface area contributed by atoms with Gasteiger partial charge in [-0.2, -0.15) is 0 Å². The molecule has 3 nitrogen and oxygen atoms in total. The Morgan fingerprint density at radius 1 is 0.460 bits per heavy atom. The highest BCUT2D eigenvalue weighted by atomic mass is 32.1. The van der Waals surface area contributed by atoms with Gasteiger partial charge in [-0.3, -0.25) is 4.79 Å². The third kappa shape index (κ3) is 5.48. The van der Waals surface area contributed by atoms with E-state index in [0.717, 1.165) is 56.3 Å². The lowest BCUT2D eigenvalue weighted by Crippen LogP contribution is -2.38. The molecule has 0 N–H and O–H groups in total. The Labute approximate surface area is 371 Å². The first-order valence-corrected chi connectivity index (χ1v) is 22.5. The number of hydrogen-bond donors (Lipinski definition) is 0. The summed E-state index contributed by atoms with van der Waals surface area (Å²) >= 11 is 1.85. The normalized spacial score (nSPS) is 14.4. The van der Waals surface area contributed by atoms with Gasteiger partial charge >= 0.3 is 0 Å². The molecular formula is C59H42N2OS. The predicted octanol–water partition coefficient (Wildman–Crippen LogP) is 15.6. The van der Waals surface area contributed by atoms with Crippen molar-refractivity contribution in [1.82, 2.24) is 0 Å². The zero-order valence-corrected chi connectivity index (χ0v) is 35.8. The van der Waals surface area contributed by atoms with Crippen molar-refractivity contribution in [3.05, 3.63) is 263 Å². The van der Waals surface area contributed by atoms with Crippen LogP contribution < -0.4 is 9.80 Å². The SMILES string of the molecule is CC1(C)c2cc(N(c3ccccc3)c3ccccc3)ccc2N(c2ccc3c(c2)C(=O)c2ccccc2C3(c2ccccc2)c2ccccc2)c2c1ccc1c2sc2ccccc21. The molecule has 12 rings (SSSR count). The maximum atomic E-state index is 15.2. The van der Waals surface area contributed by atoms with Crippen molar-refractivity contribution < 1.29 is 4.79 Å². The fourth-order valence-electron chi connectivity index (χ4n) is 10.6. The highest BCUT2D eigenvalue weighted by Crippen LogP contribution is 2.58. The standard InChI is InChI=1S/C59H42N2OS/c1-58(2)51-35-33-46-45-27-16-18-30-54(45)63-57(46)55(51)61(53-36-32-44(38-52(53)58)60(41-23-11-5-12-24-41)42-25-13-6-14-26-42)43-31-34-50-48(37-43)56(62)47-28-15-17-29-49(47)59(50,39-19-7-3-8-20-39)40-21-9-4-10-22-40/h3-38H,1-2H3. The Kier molecular flexibility index (Phi) is 8.44. The molecular weight excluding hydrogens is 785 g/mol. The summed E-state index contributed by atoms with van der Waals surface area (Å²) in [4.78, 5) is 20.0. The van der Waals surface area contributed by atoms with Crippen LogP contribution in [0.3, 0.4) is 0 Å². The number of ketones is 1. The fraction of sp³-hybridized carbons (Fsp3) is 0.0678. The van der Waals surface area contributed by atoms with Gasteiger partial charge < -0.3 is 9.80 Å². The third-order valence-corrected chi connectivity index (χ3v) is 14.7. The van der Waals surface area contributed by atoms with E-state index in [1.54, 1.807) is 0 Å². The number of fused-ring (bicyclic) bond motifs is 8. The fourth-order valence-corrected chi connectivity index (χ4v) is 11.9. The first kappa shape index (κ1) is 37.2. The van der Waals surface area contributed by atoms with Gasteiger partial charge in [0, 0.05) is 54.8 Å². The zero-order valence-electron chi connectivity index (χ0n) is 35.0. The van der Waals surface area contributed by atoms with E-state index in [0.29, 0.717) is 5.56 Å². The lowest BCUT2D eigenvalue weighted by molar-refractivity contribution is 0.103. The quantitative estimate of drug-likeness (QED) is 0.167. The van der Waals surface area contributed by atoms with Gasteiger partial charge in [0.05, 0.1) is 21.5 Å². The molecule has 1 aliphatic carbocycles. The van der Waals surface area contributed by atoms with Gasteiger partial charge in [-0.1, -0.05) is 172 Å². The minimum atomic E-state index is -0.716. The molecule has 10 aromatic rings. The Hall–Kier alpha value is -7.53. The highest BCUT2D eigenvalue weighted by Gasteiger charge is 2.47. The number of benzene rings is 9. The van der Waals surface area contributed by atoms with E-state index in [1.165, 1.54) is 37.0 Å². The molecule has 0 saturated carbocycles. The lowest BCUT2D eigenvalue weighted by atomic mass is 9.59. The minimum Gasteiger partial charge on any atom is -0.310 e. The van der Waals surface area contributed by atoms with Crippen molar-refractivity contribution >= 4 is 71.4 Å². The second kappa shape index (κ2) is 14.3. The Balaban J connectivity index is 1.14. The minimum absolute atomic E-state index is 0.0412. The molecule has 0 bridgehead atoms. The van der Waals surface area contributed by atoms with Crippen LogP contribution in [0.15, 0.2) is 218 Å². The molecule has 0 atom stereocenters. The summed E-state index contributed by atoms with van der Waals surface area (Å²) in [5.74, 6) is 0.0412. The van der Waals surface area contributed by atoms with Crippen LogP contribution in [0.25, 0.3) is 20.2 Å². The molecule has 300 valence electrons. The van der Waals surface area contributed by atoms with E-state index in [1.807, 2.05) is 23.5 Å². The van der Waals surface area contributed by atoms with E-state index >= 15 is 4.79 Å². The molecule has 0 fully saturated rings. The molecule has 4 heteroatoms. The number of thiophene rings is 1. The molecule has 63 heavy (non-hydrogen) atoms. The summed E-state index contributed by atoms with van der Waals surface area (Å²) < 4.78 is 2.50. The molecule has 0 amide bonds. The Bertz CT molecular complexity index is 3310. The monoisotopic (exact) mass is 826 g/mol. The molecule has 0 saturated heterocycles. The average Bonchev–Trinajstić information content (AvgIpc) is 3.73. The largest absolute Gasteiger partial charge is 0.310 e. The van der Waals surface area contributed by atoms with Crippen LogP contribution >= 0.6 is 11.3 Å². The molecule has 2 aliphatic rings. The van der Waals surface area contributed by atoms with Crippen molar-refractivity contribution in [2.75, 3.05) is 9.80 Å². The van der Waals surface area contributed by atoms with Crippen LogP contribution in [0.4, 0.5) is 34.1 Å². The van der Waals surface area contributed by atoms with Gasteiger partial charge in [-0.05, 0) is 94.0 Å².